The summed E-state index contributed by atoms with van der Waals surface area (Å²) < 4.78 is 24.5. The van der Waals surface area contributed by atoms with Crippen LogP contribution in [0.4, 0.5) is 4.39 Å². The second-order valence-corrected chi connectivity index (χ2v) is 7.24. The third kappa shape index (κ3) is 3.07. The normalized spacial score (nSPS) is 22.2. The molecule has 1 unspecified atom stereocenters. The summed E-state index contributed by atoms with van der Waals surface area (Å²) in [7, 11) is 2.10. The molecule has 2 saturated heterocycles. The Kier molecular flexibility index (Phi) is 4.40. The molecule has 0 radical (unpaired) electrons. The highest BCUT2D eigenvalue weighted by molar-refractivity contribution is 5.92. The molecule has 2 fully saturated rings. The molecule has 0 aromatic carbocycles. The number of carbonyl (C=O) groups is 1. The van der Waals surface area contributed by atoms with Gasteiger partial charge in [-0.15, -0.1) is 0 Å². The van der Waals surface area contributed by atoms with Gasteiger partial charge in [0.1, 0.15) is 0 Å². The summed E-state index contributed by atoms with van der Waals surface area (Å²) in [6.45, 7) is 2.73. The minimum atomic E-state index is -0.436. The number of amides is 1. The van der Waals surface area contributed by atoms with E-state index in [-0.39, 0.29) is 17.3 Å². The lowest BCUT2D eigenvalue weighted by molar-refractivity contribution is -0.0704. The number of furan rings is 1. The number of likely N-dealkylation sites (N-methyl/N-ethyl adjacent to an activating group) is 1. The number of rotatable bonds is 4. The standard InChI is InChI=1S/C19H22FN3O3/c1-22-8-6-14(11-26-17-15(20)4-2-7-21-17)10-19(22)12-23(13-19)18(24)16-5-3-9-25-16/h2-5,7,9,14H,6,8,10-13H2,1H3. The lowest BCUT2D eigenvalue weighted by atomic mass is 9.75. The molecule has 6 nitrogen and oxygen atoms in total. The van der Waals surface area contributed by atoms with Crippen molar-refractivity contribution >= 4 is 5.91 Å². The van der Waals surface area contributed by atoms with Crippen molar-refractivity contribution in [3.8, 4) is 5.88 Å². The first-order valence-electron chi connectivity index (χ1n) is 8.85. The van der Waals surface area contributed by atoms with Crippen LogP contribution in [0.1, 0.15) is 23.4 Å². The van der Waals surface area contributed by atoms with E-state index < -0.39 is 5.82 Å². The van der Waals surface area contributed by atoms with E-state index in [1.54, 1.807) is 18.2 Å². The molecule has 1 atom stereocenters. The van der Waals surface area contributed by atoms with Crippen LogP contribution in [0, 0.1) is 11.7 Å². The van der Waals surface area contributed by atoms with Gasteiger partial charge in [0.05, 0.1) is 18.4 Å². The molecule has 1 spiro atoms. The maximum absolute atomic E-state index is 13.7. The molecule has 138 valence electrons. The average Bonchev–Trinajstić information content (AvgIpc) is 3.14. The number of ether oxygens (including phenoxy) is 1. The molecule has 2 aliphatic heterocycles. The highest BCUT2D eigenvalue weighted by Gasteiger charge is 2.51. The highest BCUT2D eigenvalue weighted by atomic mass is 19.1. The van der Waals surface area contributed by atoms with Crippen LogP contribution in [0.2, 0.25) is 0 Å². The number of pyridine rings is 1. The van der Waals surface area contributed by atoms with Crippen LogP contribution in [0.5, 0.6) is 5.88 Å². The Morgan fingerprint density at radius 3 is 3.00 bits per heavy atom. The van der Waals surface area contributed by atoms with Gasteiger partial charge in [-0.3, -0.25) is 9.69 Å². The number of aromatic nitrogens is 1. The number of halogens is 1. The Bertz CT molecular complexity index is 774. The predicted molar refractivity (Wildman–Crippen MR) is 92.4 cm³/mol. The summed E-state index contributed by atoms with van der Waals surface area (Å²) in [5.41, 5.74) is -0.0306. The van der Waals surface area contributed by atoms with Crippen molar-refractivity contribution in [1.29, 1.82) is 0 Å². The summed E-state index contributed by atoms with van der Waals surface area (Å²) in [6, 6.07) is 6.31. The van der Waals surface area contributed by atoms with Crippen LogP contribution in [0.3, 0.4) is 0 Å². The van der Waals surface area contributed by atoms with Gasteiger partial charge >= 0.3 is 0 Å². The molecule has 0 bridgehead atoms. The minimum Gasteiger partial charge on any atom is -0.475 e. The number of hydrogen-bond donors (Lipinski definition) is 0. The van der Waals surface area contributed by atoms with E-state index in [4.69, 9.17) is 9.15 Å². The summed E-state index contributed by atoms with van der Waals surface area (Å²) in [5.74, 6) is 0.248. The van der Waals surface area contributed by atoms with Gasteiger partial charge in [-0.05, 0) is 56.6 Å². The van der Waals surface area contributed by atoms with Crippen LogP contribution < -0.4 is 4.74 Å². The molecule has 0 N–H and O–H groups in total. The molecule has 0 aliphatic carbocycles. The number of nitrogens with zero attached hydrogens (tertiary/aromatic N) is 3. The van der Waals surface area contributed by atoms with Crippen LogP contribution in [0.15, 0.2) is 41.1 Å². The van der Waals surface area contributed by atoms with E-state index in [1.165, 1.54) is 18.5 Å². The molecular formula is C19H22FN3O3. The van der Waals surface area contributed by atoms with Gasteiger partial charge in [-0.25, -0.2) is 9.37 Å². The largest absolute Gasteiger partial charge is 0.475 e. The van der Waals surface area contributed by atoms with Gasteiger partial charge in [-0.2, -0.15) is 0 Å². The fraction of sp³-hybridized carbons (Fsp3) is 0.474. The van der Waals surface area contributed by atoms with Gasteiger partial charge in [0, 0.05) is 19.3 Å². The van der Waals surface area contributed by atoms with E-state index in [1.807, 2.05) is 4.90 Å². The van der Waals surface area contributed by atoms with Gasteiger partial charge in [-0.1, -0.05) is 0 Å². The highest BCUT2D eigenvalue weighted by Crippen LogP contribution is 2.39. The van der Waals surface area contributed by atoms with Crippen molar-refractivity contribution in [2.75, 3.05) is 33.3 Å². The number of carbonyl (C=O) groups excluding carboxylic acids is 1. The monoisotopic (exact) mass is 359 g/mol. The van der Waals surface area contributed by atoms with Gasteiger partial charge in [0.15, 0.2) is 11.6 Å². The third-order valence-electron chi connectivity index (χ3n) is 5.52. The third-order valence-corrected chi connectivity index (χ3v) is 5.52. The Morgan fingerprint density at radius 2 is 2.27 bits per heavy atom. The van der Waals surface area contributed by atoms with Crippen molar-refractivity contribution in [2.24, 2.45) is 5.92 Å². The number of piperidine rings is 1. The SMILES string of the molecule is CN1CCC(COc2ncccc2F)CC12CN(C(=O)c1ccco1)C2. The van der Waals surface area contributed by atoms with E-state index in [9.17, 15) is 9.18 Å². The van der Waals surface area contributed by atoms with E-state index in [0.29, 0.717) is 31.4 Å². The number of hydrogen-bond acceptors (Lipinski definition) is 5. The first kappa shape index (κ1) is 17.0. The molecule has 2 aromatic rings. The van der Waals surface area contributed by atoms with Crippen LogP contribution >= 0.6 is 0 Å². The Labute approximate surface area is 151 Å². The maximum Gasteiger partial charge on any atom is 0.289 e. The summed E-state index contributed by atoms with van der Waals surface area (Å²) in [5, 5.41) is 0. The van der Waals surface area contributed by atoms with Crippen molar-refractivity contribution in [1.82, 2.24) is 14.8 Å². The summed E-state index contributed by atoms with van der Waals surface area (Å²) >= 11 is 0. The van der Waals surface area contributed by atoms with Crippen molar-refractivity contribution in [2.45, 2.75) is 18.4 Å². The van der Waals surface area contributed by atoms with Gasteiger partial charge in [0.2, 0.25) is 5.88 Å². The Morgan fingerprint density at radius 1 is 1.42 bits per heavy atom. The van der Waals surface area contributed by atoms with Crippen LogP contribution in [0.25, 0.3) is 0 Å². The number of likely N-dealkylation sites (tertiary alicyclic amines) is 2. The summed E-state index contributed by atoms with van der Waals surface area (Å²) in [6.07, 6.45) is 4.94. The predicted octanol–water partition coefficient (Wildman–Crippen LogP) is 2.43. The van der Waals surface area contributed by atoms with Gasteiger partial charge < -0.3 is 14.1 Å². The molecule has 26 heavy (non-hydrogen) atoms. The fourth-order valence-electron chi connectivity index (χ4n) is 3.96. The van der Waals surface area contributed by atoms with Crippen LogP contribution in [-0.2, 0) is 0 Å². The van der Waals surface area contributed by atoms with Gasteiger partial charge in [0.25, 0.3) is 5.91 Å². The van der Waals surface area contributed by atoms with Crippen LogP contribution in [-0.4, -0.2) is 59.5 Å². The molecule has 7 heteroatoms. The lowest BCUT2D eigenvalue weighted by Gasteiger charge is -2.58. The smallest absolute Gasteiger partial charge is 0.289 e. The molecule has 2 aromatic heterocycles. The molecule has 4 heterocycles. The van der Waals surface area contributed by atoms with Crippen molar-refractivity contribution in [3.05, 3.63) is 48.3 Å². The van der Waals surface area contributed by atoms with Crippen molar-refractivity contribution in [3.63, 3.8) is 0 Å². The quantitative estimate of drug-likeness (QED) is 0.839. The molecule has 4 rings (SSSR count). The fourth-order valence-corrected chi connectivity index (χ4v) is 3.96. The topological polar surface area (TPSA) is 58.8 Å². The second kappa shape index (κ2) is 6.72. The van der Waals surface area contributed by atoms with Crippen molar-refractivity contribution < 1.29 is 18.3 Å². The van der Waals surface area contributed by atoms with E-state index in [0.717, 1.165) is 19.4 Å². The molecule has 1 amide bonds. The zero-order valence-corrected chi connectivity index (χ0v) is 14.7. The molecular weight excluding hydrogens is 337 g/mol. The Hall–Kier alpha value is -2.41. The molecule has 0 saturated carbocycles. The summed E-state index contributed by atoms with van der Waals surface area (Å²) in [4.78, 5) is 20.5. The average molecular weight is 359 g/mol. The Balaban J connectivity index is 1.36. The second-order valence-electron chi connectivity index (χ2n) is 7.24. The minimum absolute atomic E-state index is 0.0306. The zero-order valence-electron chi connectivity index (χ0n) is 14.7. The lowest BCUT2D eigenvalue weighted by Crippen LogP contribution is -2.72. The first-order valence-corrected chi connectivity index (χ1v) is 8.85. The first-order chi connectivity index (χ1) is 12.6. The molecule has 2 aliphatic rings. The van der Waals surface area contributed by atoms with E-state index in [2.05, 4.69) is 16.9 Å². The maximum atomic E-state index is 13.7. The van der Waals surface area contributed by atoms with E-state index >= 15 is 0 Å². The zero-order chi connectivity index (χ0) is 18.1.